The second-order valence-electron chi connectivity index (χ2n) is 5.34. The first-order chi connectivity index (χ1) is 10.6. The van der Waals surface area contributed by atoms with Crippen molar-refractivity contribution < 1.29 is 18.0 Å². The van der Waals surface area contributed by atoms with E-state index in [1.165, 1.54) is 0 Å². The minimum Gasteiger partial charge on any atom is -0.345 e. The number of carbonyl (C=O) groups is 1. The first-order valence-electron chi connectivity index (χ1n) is 7.10. The molecule has 0 radical (unpaired) electrons. The monoisotopic (exact) mass is 305 g/mol. The minimum atomic E-state index is -1.63. The lowest BCUT2D eigenvalue weighted by Gasteiger charge is -2.26. The average Bonchev–Trinajstić information content (AvgIpc) is 2.53. The summed E-state index contributed by atoms with van der Waals surface area (Å²) in [5.41, 5.74) is 1.65. The summed E-state index contributed by atoms with van der Waals surface area (Å²) >= 11 is 0. The predicted molar refractivity (Wildman–Crippen MR) is 75.9 cm³/mol. The third kappa shape index (κ3) is 2.58. The number of aryl methyl sites for hydroxylation is 1. The van der Waals surface area contributed by atoms with Crippen molar-refractivity contribution in [1.29, 1.82) is 0 Å². The highest BCUT2D eigenvalue weighted by atomic mass is 19.2. The summed E-state index contributed by atoms with van der Waals surface area (Å²) in [5.74, 6) is -5.13. The minimum absolute atomic E-state index is 0.245. The van der Waals surface area contributed by atoms with E-state index in [9.17, 15) is 18.0 Å². The number of rotatable bonds is 2. The van der Waals surface area contributed by atoms with Crippen LogP contribution in [0.25, 0.3) is 0 Å². The molecular formula is C17H14F3NO. The van der Waals surface area contributed by atoms with Gasteiger partial charge in [-0.05, 0) is 42.5 Å². The lowest BCUT2D eigenvalue weighted by molar-refractivity contribution is 0.0927. The molecule has 0 aliphatic heterocycles. The van der Waals surface area contributed by atoms with Crippen LogP contribution < -0.4 is 5.32 Å². The lowest BCUT2D eigenvalue weighted by Crippen LogP contribution is -2.31. The first-order valence-corrected chi connectivity index (χ1v) is 7.10. The smallest absolute Gasteiger partial charge is 0.254 e. The van der Waals surface area contributed by atoms with Crippen molar-refractivity contribution in [3.8, 4) is 0 Å². The highest BCUT2D eigenvalue weighted by Gasteiger charge is 2.24. The summed E-state index contributed by atoms with van der Waals surface area (Å²) < 4.78 is 39.9. The Bertz CT molecular complexity index is 730. The number of halogens is 3. The van der Waals surface area contributed by atoms with Gasteiger partial charge >= 0.3 is 0 Å². The van der Waals surface area contributed by atoms with Crippen molar-refractivity contribution >= 4 is 5.91 Å². The van der Waals surface area contributed by atoms with Crippen LogP contribution in [0.3, 0.4) is 0 Å². The van der Waals surface area contributed by atoms with E-state index in [0.717, 1.165) is 42.5 Å². The molecule has 0 saturated carbocycles. The van der Waals surface area contributed by atoms with E-state index in [-0.39, 0.29) is 6.04 Å². The highest BCUT2D eigenvalue weighted by molar-refractivity contribution is 5.94. The zero-order valence-corrected chi connectivity index (χ0v) is 11.7. The van der Waals surface area contributed by atoms with Gasteiger partial charge in [0, 0.05) is 0 Å². The summed E-state index contributed by atoms with van der Waals surface area (Å²) in [7, 11) is 0. The third-order valence-corrected chi connectivity index (χ3v) is 3.95. The summed E-state index contributed by atoms with van der Waals surface area (Å²) in [5, 5.41) is 2.71. The van der Waals surface area contributed by atoms with E-state index in [2.05, 4.69) is 5.32 Å². The lowest BCUT2D eigenvalue weighted by atomic mass is 9.87. The van der Waals surface area contributed by atoms with E-state index < -0.39 is 28.9 Å². The van der Waals surface area contributed by atoms with Gasteiger partial charge in [0.15, 0.2) is 17.5 Å². The largest absolute Gasteiger partial charge is 0.345 e. The molecule has 0 fully saturated rings. The average molecular weight is 305 g/mol. The normalized spacial score (nSPS) is 17.0. The van der Waals surface area contributed by atoms with Gasteiger partial charge in [-0.1, -0.05) is 24.3 Å². The van der Waals surface area contributed by atoms with Gasteiger partial charge in [0.05, 0.1) is 11.6 Å². The molecule has 2 aromatic rings. The van der Waals surface area contributed by atoms with Crippen LogP contribution in [-0.2, 0) is 6.42 Å². The van der Waals surface area contributed by atoms with Crippen LogP contribution in [0.5, 0.6) is 0 Å². The molecule has 1 atom stereocenters. The molecule has 0 saturated heterocycles. The summed E-state index contributed by atoms with van der Waals surface area (Å²) in [6, 6.07) is 9.18. The molecular weight excluding hydrogens is 291 g/mol. The highest BCUT2D eigenvalue weighted by Crippen LogP contribution is 2.29. The number of benzene rings is 2. The molecule has 0 bridgehead atoms. The number of hydrogen-bond acceptors (Lipinski definition) is 1. The van der Waals surface area contributed by atoms with Crippen molar-refractivity contribution in [2.24, 2.45) is 0 Å². The van der Waals surface area contributed by atoms with E-state index in [1.54, 1.807) is 0 Å². The maximum Gasteiger partial charge on any atom is 0.254 e. The Kier molecular flexibility index (Phi) is 3.88. The number of nitrogens with one attached hydrogen (secondary N) is 1. The van der Waals surface area contributed by atoms with Crippen LogP contribution in [0, 0.1) is 17.5 Å². The Labute approximate surface area is 126 Å². The fraction of sp³-hybridized carbons (Fsp3) is 0.235. The van der Waals surface area contributed by atoms with E-state index in [1.807, 2.05) is 24.3 Å². The molecule has 0 aromatic heterocycles. The SMILES string of the molecule is O=C(NC1CCCc2ccccc21)c1ccc(F)c(F)c1F. The van der Waals surface area contributed by atoms with Crippen LogP contribution >= 0.6 is 0 Å². The van der Waals surface area contributed by atoms with Crippen molar-refractivity contribution in [3.05, 3.63) is 70.5 Å². The van der Waals surface area contributed by atoms with Crippen molar-refractivity contribution in [3.63, 3.8) is 0 Å². The van der Waals surface area contributed by atoms with E-state index in [4.69, 9.17) is 0 Å². The first kappa shape index (κ1) is 14.6. The Balaban J connectivity index is 1.86. The molecule has 1 aliphatic carbocycles. The molecule has 114 valence electrons. The Morgan fingerprint density at radius 1 is 1.05 bits per heavy atom. The van der Waals surface area contributed by atoms with Crippen molar-refractivity contribution in [1.82, 2.24) is 5.32 Å². The fourth-order valence-corrected chi connectivity index (χ4v) is 2.84. The van der Waals surface area contributed by atoms with Gasteiger partial charge in [-0.2, -0.15) is 0 Å². The van der Waals surface area contributed by atoms with Crippen molar-refractivity contribution in [2.45, 2.75) is 25.3 Å². The molecule has 5 heteroatoms. The molecule has 1 aliphatic rings. The van der Waals surface area contributed by atoms with Crippen LogP contribution in [0.1, 0.15) is 40.4 Å². The quantitative estimate of drug-likeness (QED) is 0.837. The number of fused-ring (bicyclic) bond motifs is 1. The van der Waals surface area contributed by atoms with Gasteiger partial charge in [0.25, 0.3) is 5.91 Å². The van der Waals surface area contributed by atoms with E-state index >= 15 is 0 Å². The van der Waals surface area contributed by atoms with Crippen LogP contribution in [0.4, 0.5) is 13.2 Å². The molecule has 0 heterocycles. The van der Waals surface area contributed by atoms with Crippen molar-refractivity contribution in [2.75, 3.05) is 0 Å². The maximum absolute atomic E-state index is 13.7. The van der Waals surface area contributed by atoms with Gasteiger partial charge in [-0.25, -0.2) is 13.2 Å². The van der Waals surface area contributed by atoms with Crippen LogP contribution in [0.2, 0.25) is 0 Å². The van der Waals surface area contributed by atoms with Gasteiger partial charge in [-0.3, -0.25) is 4.79 Å². The molecule has 1 unspecified atom stereocenters. The summed E-state index contributed by atoms with van der Waals surface area (Å²) in [6.07, 6.45) is 2.57. The van der Waals surface area contributed by atoms with Crippen LogP contribution in [-0.4, -0.2) is 5.91 Å². The van der Waals surface area contributed by atoms with Gasteiger partial charge < -0.3 is 5.32 Å². The summed E-state index contributed by atoms with van der Waals surface area (Å²) in [4.78, 5) is 12.2. The number of amides is 1. The second-order valence-corrected chi connectivity index (χ2v) is 5.34. The number of carbonyl (C=O) groups excluding carboxylic acids is 1. The molecule has 1 amide bonds. The number of hydrogen-bond donors (Lipinski definition) is 1. The standard InChI is InChI=1S/C17H14F3NO/c18-13-9-8-12(15(19)16(13)20)17(22)21-14-7-3-5-10-4-1-2-6-11(10)14/h1-2,4,6,8-9,14H,3,5,7H2,(H,21,22). The fourth-order valence-electron chi connectivity index (χ4n) is 2.84. The van der Waals surface area contributed by atoms with Gasteiger partial charge in [0.2, 0.25) is 0 Å². The van der Waals surface area contributed by atoms with Gasteiger partial charge in [-0.15, -0.1) is 0 Å². The molecule has 2 aromatic carbocycles. The molecule has 1 N–H and O–H groups in total. The van der Waals surface area contributed by atoms with Crippen LogP contribution in [0.15, 0.2) is 36.4 Å². The molecule has 0 spiro atoms. The Morgan fingerprint density at radius 3 is 2.64 bits per heavy atom. The zero-order chi connectivity index (χ0) is 15.7. The Morgan fingerprint density at radius 2 is 1.82 bits per heavy atom. The summed E-state index contributed by atoms with van der Waals surface area (Å²) in [6.45, 7) is 0. The third-order valence-electron chi connectivity index (χ3n) is 3.95. The maximum atomic E-state index is 13.7. The molecule has 22 heavy (non-hydrogen) atoms. The van der Waals surface area contributed by atoms with E-state index in [0.29, 0.717) is 0 Å². The van der Waals surface area contributed by atoms with Gasteiger partial charge in [0.1, 0.15) is 0 Å². The molecule has 2 nitrogen and oxygen atoms in total. The topological polar surface area (TPSA) is 29.1 Å². The zero-order valence-electron chi connectivity index (χ0n) is 11.7. The Hall–Kier alpha value is -2.30. The molecule has 3 rings (SSSR count). The second kappa shape index (κ2) is 5.83. The predicted octanol–water partition coefficient (Wildman–Crippen LogP) is 3.91.